The van der Waals surface area contributed by atoms with Crippen LogP contribution in [-0.2, 0) is 4.79 Å². The van der Waals surface area contributed by atoms with Gasteiger partial charge < -0.3 is 0 Å². The Morgan fingerprint density at radius 1 is 1.58 bits per heavy atom. The van der Waals surface area contributed by atoms with E-state index in [1.165, 1.54) is 6.92 Å². The second-order valence-electron chi connectivity index (χ2n) is 2.88. The maximum Gasteiger partial charge on any atom is 0.248 e. The van der Waals surface area contributed by atoms with E-state index < -0.39 is 0 Å². The smallest absolute Gasteiger partial charge is 0.248 e. The summed E-state index contributed by atoms with van der Waals surface area (Å²) in [7, 11) is 0. The first-order valence-corrected chi connectivity index (χ1v) is 3.79. The van der Waals surface area contributed by atoms with E-state index in [-0.39, 0.29) is 5.91 Å². The minimum absolute atomic E-state index is 0.163. The number of H-pyrrole nitrogens is 1. The fourth-order valence-electron chi connectivity index (χ4n) is 0.746. The van der Waals surface area contributed by atoms with Gasteiger partial charge in [-0.05, 0) is 0 Å². The fraction of sp³-hybridized carbons (Fsp3) is 0.571. The second-order valence-corrected chi connectivity index (χ2v) is 2.88. The third-order valence-corrected chi connectivity index (χ3v) is 1.34. The lowest BCUT2D eigenvalue weighted by atomic mass is 10.2. The van der Waals surface area contributed by atoms with Gasteiger partial charge in [-0.1, -0.05) is 13.8 Å². The third-order valence-electron chi connectivity index (χ3n) is 1.34. The van der Waals surface area contributed by atoms with Gasteiger partial charge in [0.1, 0.15) is 5.82 Å². The molecular formula is C7H12N4O. The van der Waals surface area contributed by atoms with Crippen molar-refractivity contribution in [2.75, 3.05) is 5.32 Å². The number of nitrogens with one attached hydrogen (secondary N) is 2. The molecule has 0 fully saturated rings. The molecule has 0 aromatic carbocycles. The lowest BCUT2D eigenvalue weighted by Crippen LogP contribution is -2.07. The highest BCUT2D eigenvalue weighted by atomic mass is 16.1. The van der Waals surface area contributed by atoms with Crippen molar-refractivity contribution in [1.29, 1.82) is 0 Å². The van der Waals surface area contributed by atoms with Gasteiger partial charge in [0.15, 0.2) is 0 Å². The Labute approximate surface area is 70.6 Å². The molecule has 5 nitrogen and oxygen atoms in total. The summed E-state index contributed by atoms with van der Waals surface area (Å²) in [6, 6.07) is 0. The van der Waals surface area contributed by atoms with E-state index in [9.17, 15) is 4.79 Å². The van der Waals surface area contributed by atoms with Crippen LogP contribution in [0.4, 0.5) is 5.95 Å². The SMILES string of the molecule is CC(=O)Nc1n[nH]c(C(C)C)n1. The van der Waals surface area contributed by atoms with Crippen molar-refractivity contribution in [3.05, 3.63) is 5.82 Å². The van der Waals surface area contributed by atoms with Crippen LogP contribution >= 0.6 is 0 Å². The molecule has 12 heavy (non-hydrogen) atoms. The predicted molar refractivity (Wildman–Crippen MR) is 44.8 cm³/mol. The molecule has 2 N–H and O–H groups in total. The molecule has 0 aliphatic rings. The van der Waals surface area contributed by atoms with E-state index in [4.69, 9.17) is 0 Å². The molecule has 1 rings (SSSR count). The zero-order valence-electron chi connectivity index (χ0n) is 7.38. The number of nitrogens with zero attached hydrogens (tertiary/aromatic N) is 2. The van der Waals surface area contributed by atoms with Gasteiger partial charge in [-0.3, -0.25) is 15.2 Å². The Morgan fingerprint density at radius 3 is 2.67 bits per heavy atom. The van der Waals surface area contributed by atoms with Crippen LogP contribution in [0.25, 0.3) is 0 Å². The lowest BCUT2D eigenvalue weighted by Gasteiger charge is -1.95. The molecular weight excluding hydrogens is 156 g/mol. The van der Waals surface area contributed by atoms with Crippen LogP contribution in [-0.4, -0.2) is 21.1 Å². The molecule has 0 unspecified atom stereocenters. The highest BCUT2D eigenvalue weighted by Crippen LogP contribution is 2.09. The number of hydrogen-bond acceptors (Lipinski definition) is 3. The molecule has 0 spiro atoms. The number of rotatable bonds is 2. The first-order chi connectivity index (χ1) is 5.59. The summed E-state index contributed by atoms with van der Waals surface area (Å²) >= 11 is 0. The minimum atomic E-state index is -0.163. The largest absolute Gasteiger partial charge is 0.293 e. The van der Waals surface area contributed by atoms with Gasteiger partial charge >= 0.3 is 0 Å². The topological polar surface area (TPSA) is 70.7 Å². The molecule has 0 saturated carbocycles. The quantitative estimate of drug-likeness (QED) is 0.688. The summed E-state index contributed by atoms with van der Waals surface area (Å²) in [5.74, 6) is 1.24. The van der Waals surface area contributed by atoms with E-state index in [1.807, 2.05) is 13.8 Å². The number of aromatic amines is 1. The molecule has 0 aliphatic heterocycles. The maximum atomic E-state index is 10.6. The number of anilines is 1. The number of carbonyl (C=O) groups is 1. The Bertz CT molecular complexity index is 279. The average molecular weight is 168 g/mol. The van der Waals surface area contributed by atoms with Crippen molar-refractivity contribution in [3.63, 3.8) is 0 Å². The monoisotopic (exact) mass is 168 g/mol. The highest BCUT2D eigenvalue weighted by molar-refractivity contribution is 5.86. The highest BCUT2D eigenvalue weighted by Gasteiger charge is 2.06. The Morgan fingerprint density at radius 2 is 2.25 bits per heavy atom. The van der Waals surface area contributed by atoms with Gasteiger partial charge in [-0.2, -0.15) is 4.98 Å². The summed E-state index contributed by atoms with van der Waals surface area (Å²) in [5, 5.41) is 9.03. The van der Waals surface area contributed by atoms with E-state index in [0.717, 1.165) is 5.82 Å². The Hall–Kier alpha value is -1.39. The standard InChI is InChI=1S/C7H12N4O/c1-4(2)6-9-7(11-10-6)8-5(3)12/h4H,1-3H3,(H2,8,9,10,11,12). The molecule has 1 heterocycles. The van der Waals surface area contributed by atoms with Crippen LogP contribution in [0.1, 0.15) is 32.5 Å². The van der Waals surface area contributed by atoms with Gasteiger partial charge in [0.25, 0.3) is 0 Å². The number of amides is 1. The molecule has 1 aromatic heterocycles. The van der Waals surface area contributed by atoms with Crippen molar-refractivity contribution in [1.82, 2.24) is 15.2 Å². The molecule has 66 valence electrons. The normalized spacial score (nSPS) is 10.3. The van der Waals surface area contributed by atoms with Crippen LogP contribution in [0.3, 0.4) is 0 Å². The summed E-state index contributed by atoms with van der Waals surface area (Å²) in [6.07, 6.45) is 0. The number of carbonyl (C=O) groups excluding carboxylic acids is 1. The van der Waals surface area contributed by atoms with Crippen LogP contribution in [0.15, 0.2) is 0 Å². The van der Waals surface area contributed by atoms with E-state index in [1.54, 1.807) is 0 Å². The summed E-state index contributed by atoms with van der Waals surface area (Å²) < 4.78 is 0. The first-order valence-electron chi connectivity index (χ1n) is 3.79. The van der Waals surface area contributed by atoms with E-state index in [2.05, 4.69) is 20.5 Å². The van der Waals surface area contributed by atoms with Crippen LogP contribution in [0.2, 0.25) is 0 Å². The van der Waals surface area contributed by atoms with E-state index >= 15 is 0 Å². The maximum absolute atomic E-state index is 10.6. The average Bonchev–Trinajstić information content (AvgIpc) is 2.34. The van der Waals surface area contributed by atoms with Crippen molar-refractivity contribution >= 4 is 11.9 Å². The van der Waals surface area contributed by atoms with Crippen molar-refractivity contribution in [3.8, 4) is 0 Å². The van der Waals surface area contributed by atoms with Crippen LogP contribution < -0.4 is 5.32 Å². The lowest BCUT2D eigenvalue weighted by molar-refractivity contribution is -0.114. The van der Waals surface area contributed by atoms with Gasteiger partial charge in [0, 0.05) is 12.8 Å². The predicted octanol–water partition coefficient (Wildman–Crippen LogP) is 0.886. The van der Waals surface area contributed by atoms with Gasteiger partial charge in [-0.25, -0.2) is 0 Å². The zero-order chi connectivity index (χ0) is 9.14. The summed E-state index contributed by atoms with van der Waals surface area (Å²) in [5.41, 5.74) is 0. The number of hydrogen-bond donors (Lipinski definition) is 2. The van der Waals surface area contributed by atoms with Crippen molar-refractivity contribution < 1.29 is 4.79 Å². The third kappa shape index (κ3) is 2.05. The Balaban J connectivity index is 2.70. The van der Waals surface area contributed by atoms with Gasteiger partial charge in [-0.15, -0.1) is 5.10 Å². The summed E-state index contributed by atoms with van der Waals surface area (Å²) in [4.78, 5) is 14.6. The molecule has 0 atom stereocenters. The van der Waals surface area contributed by atoms with Gasteiger partial charge in [0.05, 0.1) is 0 Å². The Kier molecular flexibility index (Phi) is 2.42. The molecule has 0 radical (unpaired) electrons. The molecule has 1 amide bonds. The van der Waals surface area contributed by atoms with Gasteiger partial charge in [0.2, 0.25) is 11.9 Å². The van der Waals surface area contributed by atoms with Crippen LogP contribution in [0, 0.1) is 0 Å². The molecule has 5 heteroatoms. The molecule has 0 aliphatic carbocycles. The van der Waals surface area contributed by atoms with Crippen LogP contribution in [0.5, 0.6) is 0 Å². The zero-order valence-corrected chi connectivity index (χ0v) is 7.38. The van der Waals surface area contributed by atoms with Crippen molar-refractivity contribution in [2.45, 2.75) is 26.7 Å². The number of aromatic nitrogens is 3. The first kappa shape index (κ1) is 8.70. The van der Waals surface area contributed by atoms with E-state index in [0.29, 0.717) is 11.9 Å². The fourth-order valence-corrected chi connectivity index (χ4v) is 0.746. The second kappa shape index (κ2) is 3.34. The summed E-state index contributed by atoms with van der Waals surface area (Å²) in [6.45, 7) is 5.42. The molecule has 0 saturated heterocycles. The minimum Gasteiger partial charge on any atom is -0.293 e. The van der Waals surface area contributed by atoms with Crippen molar-refractivity contribution in [2.24, 2.45) is 0 Å². The molecule has 0 bridgehead atoms. The molecule has 1 aromatic rings.